The molecule has 0 aliphatic carbocycles. The molecular weight excluding hydrogens is 362 g/mol. The normalized spacial score (nSPS) is 15.5. The Morgan fingerprint density at radius 2 is 1.58 bits per heavy atom. The molecule has 0 spiro atoms. The highest BCUT2D eigenvalue weighted by Crippen LogP contribution is 2.31. The Bertz CT molecular complexity index is 840. The van der Waals surface area contributed by atoms with Crippen LogP contribution >= 0.6 is 15.9 Å². The van der Waals surface area contributed by atoms with Crippen LogP contribution in [0, 0.1) is 0 Å². The molecular formula is C20H20BrN3. The molecule has 1 saturated heterocycles. The molecule has 3 nitrogen and oxygen atoms in total. The van der Waals surface area contributed by atoms with Crippen LogP contribution in [-0.4, -0.2) is 23.1 Å². The molecule has 0 atom stereocenters. The minimum atomic E-state index is 0.810. The van der Waals surface area contributed by atoms with Crippen molar-refractivity contribution in [3.8, 4) is 11.4 Å². The van der Waals surface area contributed by atoms with Crippen molar-refractivity contribution < 1.29 is 0 Å². The number of anilines is 1. The smallest absolute Gasteiger partial charge is 0.162 e. The molecule has 0 radical (unpaired) electrons. The number of rotatable bonds is 2. The zero-order valence-electron chi connectivity index (χ0n) is 13.6. The summed E-state index contributed by atoms with van der Waals surface area (Å²) in [6, 6.07) is 16.5. The first-order chi connectivity index (χ1) is 11.8. The molecule has 0 saturated carbocycles. The quantitative estimate of drug-likeness (QED) is 0.591. The van der Waals surface area contributed by atoms with Crippen molar-refractivity contribution in [1.82, 2.24) is 9.97 Å². The Kier molecular flexibility index (Phi) is 4.48. The number of nitrogens with zero attached hydrogens (tertiary/aromatic N) is 3. The van der Waals surface area contributed by atoms with E-state index in [1.54, 1.807) is 0 Å². The maximum absolute atomic E-state index is 4.97. The minimum Gasteiger partial charge on any atom is -0.356 e. The molecule has 1 fully saturated rings. The second-order valence-electron chi connectivity index (χ2n) is 6.30. The second kappa shape index (κ2) is 6.89. The molecule has 1 aliphatic rings. The standard InChI is InChI=1S/C20H20BrN3/c21-16-10-11-18-17(14-16)20(24-12-6-1-2-7-13-24)23-19(22-18)15-8-4-3-5-9-15/h3-5,8-11,14H,1-2,6-7,12-13H2. The van der Waals surface area contributed by atoms with Crippen molar-refractivity contribution in [3.63, 3.8) is 0 Å². The first kappa shape index (κ1) is 15.6. The molecule has 1 aliphatic heterocycles. The van der Waals surface area contributed by atoms with E-state index in [-0.39, 0.29) is 0 Å². The van der Waals surface area contributed by atoms with Gasteiger partial charge < -0.3 is 4.90 Å². The molecule has 2 aromatic carbocycles. The summed E-state index contributed by atoms with van der Waals surface area (Å²) in [5, 5.41) is 1.13. The zero-order valence-corrected chi connectivity index (χ0v) is 15.2. The Balaban J connectivity index is 1.89. The Hall–Kier alpha value is -1.94. The van der Waals surface area contributed by atoms with Gasteiger partial charge in [0.1, 0.15) is 5.82 Å². The van der Waals surface area contributed by atoms with Crippen LogP contribution in [0.3, 0.4) is 0 Å². The van der Waals surface area contributed by atoms with Crippen LogP contribution < -0.4 is 4.90 Å². The number of halogens is 1. The van der Waals surface area contributed by atoms with Crippen LogP contribution in [0.2, 0.25) is 0 Å². The van der Waals surface area contributed by atoms with E-state index in [0.29, 0.717) is 0 Å². The SMILES string of the molecule is Brc1ccc2nc(-c3ccccc3)nc(N3CCCCCC3)c2c1. The van der Waals surface area contributed by atoms with Gasteiger partial charge in [0, 0.05) is 28.5 Å². The molecule has 0 N–H and O–H groups in total. The Morgan fingerprint density at radius 1 is 0.833 bits per heavy atom. The lowest BCUT2D eigenvalue weighted by Crippen LogP contribution is -2.25. The van der Waals surface area contributed by atoms with Gasteiger partial charge in [-0.05, 0) is 31.0 Å². The third-order valence-electron chi connectivity index (χ3n) is 4.58. The van der Waals surface area contributed by atoms with Crippen LogP contribution in [0.15, 0.2) is 53.0 Å². The van der Waals surface area contributed by atoms with Crippen LogP contribution in [0.4, 0.5) is 5.82 Å². The summed E-state index contributed by atoms with van der Waals surface area (Å²) in [7, 11) is 0. The van der Waals surface area contributed by atoms with Crippen molar-refractivity contribution >= 4 is 32.7 Å². The summed E-state index contributed by atoms with van der Waals surface area (Å²) in [4.78, 5) is 12.2. The van der Waals surface area contributed by atoms with E-state index < -0.39 is 0 Å². The van der Waals surface area contributed by atoms with Gasteiger partial charge in [0.25, 0.3) is 0 Å². The van der Waals surface area contributed by atoms with Crippen molar-refractivity contribution in [2.45, 2.75) is 25.7 Å². The van der Waals surface area contributed by atoms with E-state index in [9.17, 15) is 0 Å². The summed E-state index contributed by atoms with van der Waals surface area (Å²) in [6.07, 6.45) is 5.10. The van der Waals surface area contributed by atoms with Gasteiger partial charge in [0.05, 0.1) is 5.52 Å². The predicted octanol–water partition coefficient (Wildman–Crippen LogP) is 5.44. The fraction of sp³-hybridized carbons (Fsp3) is 0.300. The average Bonchev–Trinajstić information content (AvgIpc) is 2.91. The first-order valence-corrected chi connectivity index (χ1v) is 9.38. The lowest BCUT2D eigenvalue weighted by Gasteiger charge is -2.23. The fourth-order valence-corrected chi connectivity index (χ4v) is 3.69. The summed E-state index contributed by atoms with van der Waals surface area (Å²) in [6.45, 7) is 2.15. The van der Waals surface area contributed by atoms with Gasteiger partial charge in [-0.25, -0.2) is 9.97 Å². The third kappa shape index (κ3) is 3.16. The van der Waals surface area contributed by atoms with Gasteiger partial charge in [0.15, 0.2) is 5.82 Å². The van der Waals surface area contributed by atoms with E-state index in [1.165, 1.54) is 25.7 Å². The van der Waals surface area contributed by atoms with E-state index >= 15 is 0 Å². The highest BCUT2D eigenvalue weighted by molar-refractivity contribution is 9.10. The summed E-state index contributed by atoms with van der Waals surface area (Å²) >= 11 is 3.60. The molecule has 1 aromatic heterocycles. The van der Waals surface area contributed by atoms with Crippen LogP contribution in [0.25, 0.3) is 22.3 Å². The van der Waals surface area contributed by atoms with E-state index in [0.717, 1.165) is 45.7 Å². The highest BCUT2D eigenvalue weighted by atomic mass is 79.9. The molecule has 3 aromatic rings. The summed E-state index contributed by atoms with van der Waals surface area (Å²) in [5.41, 5.74) is 2.07. The number of benzene rings is 2. The van der Waals surface area contributed by atoms with Gasteiger partial charge in [-0.3, -0.25) is 0 Å². The molecule has 122 valence electrons. The van der Waals surface area contributed by atoms with Crippen LogP contribution in [0.1, 0.15) is 25.7 Å². The number of hydrogen-bond acceptors (Lipinski definition) is 3. The summed E-state index contributed by atoms with van der Waals surface area (Å²) < 4.78 is 1.07. The van der Waals surface area contributed by atoms with Crippen molar-refractivity contribution in [3.05, 3.63) is 53.0 Å². The Morgan fingerprint density at radius 3 is 2.33 bits per heavy atom. The molecule has 4 rings (SSSR count). The number of fused-ring (bicyclic) bond motifs is 1. The molecule has 4 heteroatoms. The van der Waals surface area contributed by atoms with Crippen LogP contribution in [0.5, 0.6) is 0 Å². The van der Waals surface area contributed by atoms with Crippen molar-refractivity contribution in [2.75, 3.05) is 18.0 Å². The predicted molar refractivity (Wildman–Crippen MR) is 103 cm³/mol. The molecule has 24 heavy (non-hydrogen) atoms. The first-order valence-electron chi connectivity index (χ1n) is 8.59. The van der Waals surface area contributed by atoms with E-state index in [2.05, 4.69) is 51.2 Å². The van der Waals surface area contributed by atoms with Crippen molar-refractivity contribution in [2.24, 2.45) is 0 Å². The topological polar surface area (TPSA) is 29.0 Å². The molecule has 0 bridgehead atoms. The third-order valence-corrected chi connectivity index (χ3v) is 5.07. The number of aromatic nitrogens is 2. The second-order valence-corrected chi connectivity index (χ2v) is 7.22. The van der Waals surface area contributed by atoms with Crippen LogP contribution in [-0.2, 0) is 0 Å². The summed E-state index contributed by atoms with van der Waals surface area (Å²) in [5.74, 6) is 1.88. The fourth-order valence-electron chi connectivity index (χ4n) is 3.32. The van der Waals surface area contributed by atoms with E-state index in [1.807, 2.05) is 18.2 Å². The lowest BCUT2D eigenvalue weighted by atomic mass is 10.1. The average molecular weight is 382 g/mol. The van der Waals surface area contributed by atoms with E-state index in [4.69, 9.17) is 9.97 Å². The zero-order chi connectivity index (χ0) is 16.4. The number of hydrogen-bond donors (Lipinski definition) is 0. The molecule has 0 amide bonds. The van der Waals surface area contributed by atoms with Gasteiger partial charge in [-0.2, -0.15) is 0 Å². The van der Waals surface area contributed by atoms with Gasteiger partial charge in [0.2, 0.25) is 0 Å². The monoisotopic (exact) mass is 381 g/mol. The van der Waals surface area contributed by atoms with Gasteiger partial charge in [-0.1, -0.05) is 59.1 Å². The maximum Gasteiger partial charge on any atom is 0.162 e. The van der Waals surface area contributed by atoms with Gasteiger partial charge in [-0.15, -0.1) is 0 Å². The maximum atomic E-state index is 4.97. The lowest BCUT2D eigenvalue weighted by molar-refractivity contribution is 0.726. The molecule has 2 heterocycles. The highest BCUT2D eigenvalue weighted by Gasteiger charge is 2.17. The molecule has 0 unspecified atom stereocenters. The van der Waals surface area contributed by atoms with Crippen molar-refractivity contribution in [1.29, 1.82) is 0 Å². The minimum absolute atomic E-state index is 0.810. The Labute approximate surface area is 150 Å². The largest absolute Gasteiger partial charge is 0.356 e. The van der Waals surface area contributed by atoms with Gasteiger partial charge >= 0.3 is 0 Å².